The molecule has 1 heterocycles. The zero-order chi connectivity index (χ0) is 27.0. The van der Waals surface area contributed by atoms with E-state index in [0.29, 0.717) is 11.8 Å². The third-order valence-electron chi connectivity index (χ3n) is 9.67. The first-order valence-corrected chi connectivity index (χ1v) is 13.4. The first-order chi connectivity index (χ1) is 17.4. The standard InChI is InChI=1S/C27H30F2O7S/c1-14-9-16-17-11-19(31)18-10-15(30)6-7-24(18,2)26(17,29)21(32)12-25(16,3)27(14,23(34)37-13-28)36-22(33)20-5-4-8-35-20/h4-8,10,14,16-17,19,21,31-32H,9,11-13H2,1-3H3/t14-,16+,17+,19-,21+,24+,25+,26+,27+/m1/s1. The van der Waals surface area contributed by atoms with Gasteiger partial charge in [0.15, 0.2) is 17.1 Å². The van der Waals surface area contributed by atoms with Crippen molar-refractivity contribution in [3.8, 4) is 0 Å². The number of carbonyl (C=O) groups excluding carboxylic acids is 3. The van der Waals surface area contributed by atoms with Gasteiger partial charge in [-0.05, 0) is 73.7 Å². The van der Waals surface area contributed by atoms with Crippen molar-refractivity contribution in [1.29, 1.82) is 0 Å². The Morgan fingerprint density at radius 1 is 1.24 bits per heavy atom. The topological polar surface area (TPSA) is 114 Å². The molecule has 2 N–H and O–H groups in total. The second-order valence-corrected chi connectivity index (χ2v) is 12.1. The Hall–Kier alpha value is -2.30. The van der Waals surface area contributed by atoms with Gasteiger partial charge in [0.05, 0.1) is 18.5 Å². The first-order valence-electron chi connectivity index (χ1n) is 12.4. The van der Waals surface area contributed by atoms with Gasteiger partial charge in [0.25, 0.3) is 0 Å². The molecule has 10 heteroatoms. The van der Waals surface area contributed by atoms with Crippen LogP contribution in [-0.2, 0) is 14.3 Å². The number of aliphatic hydroxyl groups excluding tert-OH is 2. The van der Waals surface area contributed by atoms with Crippen molar-refractivity contribution in [3.05, 3.63) is 48.0 Å². The molecule has 4 aliphatic rings. The minimum absolute atomic E-state index is 0.0876. The summed E-state index contributed by atoms with van der Waals surface area (Å²) in [7, 11) is 0. The molecule has 1 aromatic heterocycles. The van der Waals surface area contributed by atoms with Crippen LogP contribution in [-0.4, -0.2) is 56.6 Å². The first kappa shape index (κ1) is 26.3. The second-order valence-electron chi connectivity index (χ2n) is 11.2. The van der Waals surface area contributed by atoms with Crippen LogP contribution in [0.25, 0.3) is 0 Å². The van der Waals surface area contributed by atoms with Gasteiger partial charge in [-0.1, -0.05) is 19.9 Å². The predicted molar refractivity (Wildman–Crippen MR) is 130 cm³/mol. The lowest BCUT2D eigenvalue weighted by Gasteiger charge is -2.63. The van der Waals surface area contributed by atoms with E-state index in [1.54, 1.807) is 20.8 Å². The molecule has 0 radical (unpaired) electrons. The molecule has 37 heavy (non-hydrogen) atoms. The van der Waals surface area contributed by atoms with Crippen LogP contribution in [0.5, 0.6) is 0 Å². The van der Waals surface area contributed by atoms with E-state index >= 15 is 4.39 Å². The number of carbonyl (C=O) groups is 3. The highest BCUT2D eigenvalue weighted by molar-refractivity contribution is 8.13. The molecule has 5 rings (SSSR count). The van der Waals surface area contributed by atoms with E-state index in [9.17, 15) is 29.0 Å². The maximum atomic E-state index is 17.4. The number of halogens is 2. The lowest BCUT2D eigenvalue weighted by molar-refractivity contribution is -0.224. The maximum absolute atomic E-state index is 17.4. The zero-order valence-corrected chi connectivity index (χ0v) is 21.6. The molecule has 3 saturated carbocycles. The largest absolute Gasteiger partial charge is 0.457 e. The maximum Gasteiger partial charge on any atom is 0.375 e. The van der Waals surface area contributed by atoms with Crippen LogP contribution in [0, 0.1) is 28.6 Å². The molecule has 0 unspecified atom stereocenters. The summed E-state index contributed by atoms with van der Waals surface area (Å²) in [4.78, 5) is 38.8. The van der Waals surface area contributed by atoms with Crippen molar-refractivity contribution in [2.45, 2.75) is 63.5 Å². The van der Waals surface area contributed by atoms with Crippen molar-refractivity contribution >= 4 is 28.6 Å². The minimum atomic E-state index is -2.27. The molecular weight excluding hydrogens is 506 g/mol. The van der Waals surface area contributed by atoms with E-state index in [1.807, 2.05) is 0 Å². The number of rotatable bonds is 4. The van der Waals surface area contributed by atoms with E-state index in [4.69, 9.17) is 9.15 Å². The fourth-order valence-corrected chi connectivity index (χ4v) is 8.80. The van der Waals surface area contributed by atoms with Crippen LogP contribution >= 0.6 is 11.8 Å². The number of alkyl halides is 2. The molecule has 0 saturated heterocycles. The fraction of sp³-hybridized carbons (Fsp3) is 0.593. The van der Waals surface area contributed by atoms with Gasteiger partial charge in [0.1, 0.15) is 6.01 Å². The summed E-state index contributed by atoms with van der Waals surface area (Å²) >= 11 is 0.377. The molecule has 4 aliphatic carbocycles. The molecular formula is C27H30F2O7S. The summed E-state index contributed by atoms with van der Waals surface area (Å²) in [6.45, 7) is 4.94. The quantitative estimate of drug-likeness (QED) is 0.556. The highest BCUT2D eigenvalue weighted by Gasteiger charge is 2.78. The van der Waals surface area contributed by atoms with Crippen molar-refractivity contribution < 1.29 is 42.5 Å². The Morgan fingerprint density at radius 3 is 2.62 bits per heavy atom. The van der Waals surface area contributed by atoms with E-state index in [0.717, 1.165) is 0 Å². The minimum Gasteiger partial charge on any atom is -0.457 e. The average Bonchev–Trinajstić information content (AvgIpc) is 3.45. The number of ketones is 1. The molecule has 0 bridgehead atoms. The van der Waals surface area contributed by atoms with Gasteiger partial charge in [-0.3, -0.25) is 9.59 Å². The average molecular weight is 537 g/mol. The summed E-state index contributed by atoms with van der Waals surface area (Å²) in [6.07, 6.45) is 2.30. The van der Waals surface area contributed by atoms with Gasteiger partial charge in [0, 0.05) is 22.7 Å². The lowest BCUT2D eigenvalue weighted by atomic mass is 9.44. The smallest absolute Gasteiger partial charge is 0.375 e. The van der Waals surface area contributed by atoms with Gasteiger partial charge >= 0.3 is 5.97 Å². The number of thioether (sulfide) groups is 1. The van der Waals surface area contributed by atoms with E-state index in [1.165, 1.54) is 36.6 Å². The molecule has 0 amide bonds. The Labute approximate surface area is 217 Å². The van der Waals surface area contributed by atoms with Crippen molar-refractivity contribution in [2.24, 2.45) is 28.6 Å². The normalized spacial score (nSPS) is 44.5. The Balaban J connectivity index is 1.64. The monoisotopic (exact) mass is 536 g/mol. The van der Waals surface area contributed by atoms with Crippen LogP contribution < -0.4 is 0 Å². The van der Waals surface area contributed by atoms with Crippen molar-refractivity contribution in [2.75, 3.05) is 6.01 Å². The highest BCUT2D eigenvalue weighted by Crippen LogP contribution is 2.71. The van der Waals surface area contributed by atoms with E-state index < -0.39 is 69.2 Å². The summed E-state index contributed by atoms with van der Waals surface area (Å²) in [5, 5.41) is 21.9. The van der Waals surface area contributed by atoms with Crippen molar-refractivity contribution in [1.82, 2.24) is 0 Å². The van der Waals surface area contributed by atoms with Gasteiger partial charge < -0.3 is 19.4 Å². The zero-order valence-electron chi connectivity index (χ0n) is 20.8. The van der Waals surface area contributed by atoms with Crippen LogP contribution in [0.4, 0.5) is 8.78 Å². The van der Waals surface area contributed by atoms with Crippen LogP contribution in [0.3, 0.4) is 0 Å². The molecule has 9 atom stereocenters. The number of ether oxygens (including phenoxy) is 1. The third-order valence-corrected chi connectivity index (χ3v) is 10.3. The van der Waals surface area contributed by atoms with Crippen LogP contribution in [0.2, 0.25) is 0 Å². The highest BCUT2D eigenvalue weighted by atomic mass is 32.2. The van der Waals surface area contributed by atoms with Gasteiger partial charge in [-0.15, -0.1) is 0 Å². The summed E-state index contributed by atoms with van der Waals surface area (Å²) in [5.41, 5.74) is -6.66. The number of aliphatic hydroxyl groups is 2. The molecule has 200 valence electrons. The Bertz CT molecular complexity index is 1200. The molecule has 0 aliphatic heterocycles. The molecule has 3 fully saturated rings. The second kappa shape index (κ2) is 8.61. The van der Waals surface area contributed by atoms with Crippen LogP contribution in [0.15, 0.2) is 46.6 Å². The number of furan rings is 1. The third kappa shape index (κ3) is 3.27. The Morgan fingerprint density at radius 2 is 1.97 bits per heavy atom. The van der Waals surface area contributed by atoms with Gasteiger partial charge in [0.2, 0.25) is 10.9 Å². The SMILES string of the molecule is C[C@@H]1C[C@H]2[C@@H]3C[C@@H](O)C4=CC(=O)C=C[C@]4(C)[C@@]3(F)[C@@H](O)C[C@]2(C)[C@@]1(OC(=O)c1ccco1)C(=O)SCF. The summed E-state index contributed by atoms with van der Waals surface area (Å²) < 4.78 is 42.0. The number of hydrogen-bond donors (Lipinski definition) is 2. The Kier molecular flexibility index (Phi) is 6.12. The van der Waals surface area contributed by atoms with Crippen molar-refractivity contribution in [3.63, 3.8) is 0 Å². The molecule has 7 nitrogen and oxygen atoms in total. The number of esters is 1. The molecule has 1 aromatic rings. The lowest BCUT2D eigenvalue weighted by Crippen LogP contribution is -2.71. The van der Waals surface area contributed by atoms with Crippen LogP contribution in [0.1, 0.15) is 50.6 Å². The number of allylic oxidation sites excluding steroid dienone is 3. The summed E-state index contributed by atoms with van der Waals surface area (Å²) in [6, 6.07) is 1.83. The van der Waals surface area contributed by atoms with Gasteiger partial charge in [-0.25, -0.2) is 13.6 Å². The van der Waals surface area contributed by atoms with Gasteiger partial charge in [-0.2, -0.15) is 0 Å². The number of hydrogen-bond acceptors (Lipinski definition) is 8. The fourth-order valence-electron chi connectivity index (χ4n) is 8.01. The molecule has 0 aromatic carbocycles. The summed E-state index contributed by atoms with van der Waals surface area (Å²) in [5.74, 6) is -3.61. The number of fused-ring (bicyclic) bond motifs is 5. The predicted octanol–water partition coefficient (Wildman–Crippen LogP) is 3.95. The van der Waals surface area contributed by atoms with E-state index in [-0.39, 0.29) is 36.4 Å². The molecule has 0 spiro atoms. The van der Waals surface area contributed by atoms with E-state index in [2.05, 4.69) is 0 Å².